The second-order valence-corrected chi connectivity index (χ2v) is 11.9. The Morgan fingerprint density at radius 1 is 0.667 bits per heavy atom. The summed E-state index contributed by atoms with van der Waals surface area (Å²) < 4.78 is 22.4. The van der Waals surface area contributed by atoms with Crippen LogP contribution in [0.5, 0.6) is 23.0 Å². The molecule has 220 valence electrons. The first-order valence-corrected chi connectivity index (χ1v) is 15.4. The van der Waals surface area contributed by atoms with Crippen molar-refractivity contribution in [3.63, 3.8) is 0 Å². The predicted octanol–water partition coefficient (Wildman–Crippen LogP) is 5.38. The van der Waals surface area contributed by atoms with Gasteiger partial charge in [-0.3, -0.25) is 9.59 Å². The van der Waals surface area contributed by atoms with Crippen LogP contribution in [0.3, 0.4) is 0 Å². The van der Waals surface area contributed by atoms with Gasteiger partial charge in [-0.25, -0.2) is 0 Å². The smallest absolute Gasteiger partial charge is 0.231 e. The lowest BCUT2D eigenvalue weighted by molar-refractivity contribution is -0.147. The highest BCUT2D eigenvalue weighted by Gasteiger charge is 2.46. The first-order valence-electron chi connectivity index (χ1n) is 15.4. The maximum atomic E-state index is 14.5. The van der Waals surface area contributed by atoms with Crippen molar-refractivity contribution in [3.05, 3.63) is 65.8 Å². The molecule has 2 fully saturated rings. The summed E-state index contributed by atoms with van der Waals surface area (Å²) >= 11 is 0. The van der Waals surface area contributed by atoms with Crippen LogP contribution in [0.15, 0.2) is 54.6 Å². The topological polar surface area (TPSA) is 77.5 Å². The Hall–Kier alpha value is -3.94. The Labute approximate surface area is 246 Å². The van der Waals surface area contributed by atoms with E-state index in [1.54, 1.807) is 0 Å². The van der Waals surface area contributed by atoms with Crippen LogP contribution in [0.4, 0.5) is 0 Å². The van der Waals surface area contributed by atoms with Crippen LogP contribution >= 0.6 is 0 Å². The molecule has 2 amide bonds. The van der Waals surface area contributed by atoms with E-state index in [9.17, 15) is 9.59 Å². The first kappa shape index (κ1) is 26.9. The van der Waals surface area contributed by atoms with E-state index in [-0.39, 0.29) is 37.2 Å². The van der Waals surface area contributed by atoms with E-state index < -0.39 is 11.8 Å². The molecule has 4 heterocycles. The minimum atomic E-state index is -0.511. The van der Waals surface area contributed by atoms with Crippen molar-refractivity contribution >= 4 is 17.9 Å². The lowest BCUT2D eigenvalue weighted by atomic mass is 9.67. The van der Waals surface area contributed by atoms with Crippen LogP contribution in [0.25, 0.3) is 6.08 Å². The number of hydrogen-bond acceptors (Lipinski definition) is 6. The normalized spacial score (nSPS) is 26.6. The molecule has 4 aliphatic heterocycles. The van der Waals surface area contributed by atoms with Gasteiger partial charge in [0.2, 0.25) is 25.4 Å². The zero-order chi connectivity index (χ0) is 28.5. The average molecular weight is 571 g/mol. The quantitative estimate of drug-likeness (QED) is 0.449. The van der Waals surface area contributed by atoms with Gasteiger partial charge in [-0.1, -0.05) is 36.4 Å². The number of rotatable bonds is 5. The number of hydrogen-bond donors (Lipinski definition) is 0. The first-order chi connectivity index (χ1) is 20.7. The van der Waals surface area contributed by atoms with Gasteiger partial charge in [-0.15, -0.1) is 0 Å². The molecule has 5 aliphatic rings. The number of piperidine rings is 2. The monoisotopic (exact) mass is 570 g/mol. The molecule has 0 N–H and O–H groups in total. The summed E-state index contributed by atoms with van der Waals surface area (Å²) in [6.45, 7) is 3.44. The van der Waals surface area contributed by atoms with Gasteiger partial charge in [0, 0.05) is 38.0 Å². The van der Waals surface area contributed by atoms with Crippen LogP contribution in [-0.2, 0) is 9.59 Å². The SMILES string of the molecule is O=C(C1C=C[C@@H](c2ccc3c(c2)OCO3)[C@@H](/C=C/c2ccc3c(c2)OCO3)[C@@H]1C(=O)N1CCCCC1)N1CCCCC1. The molecule has 0 spiro atoms. The fourth-order valence-corrected chi connectivity index (χ4v) is 7.09. The van der Waals surface area contributed by atoms with Crippen molar-refractivity contribution < 1.29 is 28.5 Å². The Morgan fingerprint density at radius 2 is 1.26 bits per heavy atom. The van der Waals surface area contributed by atoms with Gasteiger partial charge in [0.05, 0.1) is 11.8 Å². The van der Waals surface area contributed by atoms with Crippen molar-refractivity contribution in [2.75, 3.05) is 39.8 Å². The largest absolute Gasteiger partial charge is 0.454 e. The number of ether oxygens (including phenoxy) is 4. The van der Waals surface area contributed by atoms with Gasteiger partial charge in [-0.05, 0) is 73.9 Å². The van der Waals surface area contributed by atoms with Crippen molar-refractivity contribution in [1.29, 1.82) is 0 Å². The zero-order valence-corrected chi connectivity index (χ0v) is 23.9. The molecule has 4 atom stereocenters. The molecular formula is C34H38N2O6. The van der Waals surface area contributed by atoms with Gasteiger partial charge in [-0.2, -0.15) is 0 Å². The molecule has 0 radical (unpaired) electrons. The van der Waals surface area contributed by atoms with Crippen LogP contribution < -0.4 is 18.9 Å². The summed E-state index contributed by atoms with van der Waals surface area (Å²) in [5.41, 5.74) is 2.00. The van der Waals surface area contributed by atoms with Crippen molar-refractivity contribution in [1.82, 2.24) is 9.80 Å². The molecule has 0 saturated carbocycles. The molecule has 1 unspecified atom stereocenters. The number of allylic oxidation sites excluding steroid dienone is 2. The Balaban J connectivity index is 1.29. The second kappa shape index (κ2) is 11.7. The number of likely N-dealkylation sites (tertiary alicyclic amines) is 2. The van der Waals surface area contributed by atoms with E-state index in [0.29, 0.717) is 11.5 Å². The predicted molar refractivity (Wildman–Crippen MR) is 157 cm³/mol. The lowest BCUT2D eigenvalue weighted by Gasteiger charge is -2.42. The van der Waals surface area contributed by atoms with Gasteiger partial charge >= 0.3 is 0 Å². The Morgan fingerprint density at radius 3 is 1.95 bits per heavy atom. The number of fused-ring (bicyclic) bond motifs is 2. The van der Waals surface area contributed by atoms with E-state index in [2.05, 4.69) is 24.3 Å². The van der Waals surface area contributed by atoms with E-state index >= 15 is 0 Å². The van der Waals surface area contributed by atoms with Crippen molar-refractivity contribution in [2.45, 2.75) is 44.4 Å². The highest BCUT2D eigenvalue weighted by atomic mass is 16.7. The molecule has 0 bridgehead atoms. The third-order valence-corrected chi connectivity index (χ3v) is 9.34. The third kappa shape index (κ3) is 5.23. The highest BCUT2D eigenvalue weighted by Crippen LogP contribution is 2.46. The Bertz CT molecular complexity index is 1390. The van der Waals surface area contributed by atoms with Gasteiger partial charge in [0.15, 0.2) is 23.0 Å². The lowest BCUT2D eigenvalue weighted by Crippen LogP contribution is -2.51. The molecule has 42 heavy (non-hydrogen) atoms. The Kier molecular flexibility index (Phi) is 7.53. The molecular weight excluding hydrogens is 532 g/mol. The molecule has 7 rings (SSSR count). The molecule has 8 heteroatoms. The molecule has 1 aliphatic carbocycles. The van der Waals surface area contributed by atoms with Gasteiger partial charge in [0.25, 0.3) is 0 Å². The number of benzene rings is 2. The maximum Gasteiger partial charge on any atom is 0.231 e. The third-order valence-electron chi connectivity index (χ3n) is 9.34. The fraction of sp³-hybridized carbons (Fsp3) is 0.471. The summed E-state index contributed by atoms with van der Waals surface area (Å²) in [5.74, 6) is 1.67. The molecule has 8 nitrogen and oxygen atoms in total. The summed E-state index contributed by atoms with van der Waals surface area (Å²) in [7, 11) is 0. The number of carbonyl (C=O) groups excluding carboxylic acids is 2. The number of nitrogens with zero attached hydrogens (tertiary/aromatic N) is 2. The second-order valence-electron chi connectivity index (χ2n) is 11.9. The number of carbonyl (C=O) groups is 2. The summed E-state index contributed by atoms with van der Waals surface area (Å²) in [6, 6.07) is 11.9. The molecule has 2 aromatic carbocycles. The highest BCUT2D eigenvalue weighted by molar-refractivity contribution is 5.90. The number of amides is 2. The van der Waals surface area contributed by atoms with Gasteiger partial charge < -0.3 is 28.7 Å². The molecule has 2 saturated heterocycles. The summed E-state index contributed by atoms with van der Waals surface area (Å²) in [6.07, 6.45) is 14.7. The standard InChI is InChI=1S/C34H38N2O6/c37-33(35-15-3-1-4-16-35)27-12-11-25(24-9-14-29-31(20-24)42-22-40-29)26(32(27)34(38)36-17-5-2-6-18-36)10-7-23-8-13-28-30(19-23)41-21-39-28/h7-14,19-20,25-27,32H,1-6,15-18,21-22H2/b10-7+/t25-,26+,27?,32-/m0/s1. The van der Waals surface area contributed by atoms with Crippen molar-refractivity contribution in [3.8, 4) is 23.0 Å². The van der Waals surface area contributed by atoms with E-state index in [0.717, 1.165) is 87.3 Å². The summed E-state index contributed by atoms with van der Waals surface area (Å²) in [5, 5.41) is 0. The van der Waals surface area contributed by atoms with Crippen molar-refractivity contribution in [2.24, 2.45) is 17.8 Å². The molecule has 2 aromatic rings. The van der Waals surface area contributed by atoms with Crippen LogP contribution in [0, 0.1) is 17.8 Å². The molecule has 0 aromatic heterocycles. The van der Waals surface area contributed by atoms with E-state index in [4.69, 9.17) is 18.9 Å². The van der Waals surface area contributed by atoms with Crippen LogP contribution in [0.2, 0.25) is 0 Å². The van der Waals surface area contributed by atoms with Gasteiger partial charge in [0.1, 0.15) is 0 Å². The summed E-state index contributed by atoms with van der Waals surface area (Å²) in [4.78, 5) is 32.6. The van der Waals surface area contributed by atoms with Crippen LogP contribution in [0.1, 0.15) is 55.6 Å². The maximum absolute atomic E-state index is 14.5. The minimum absolute atomic E-state index is 0.0759. The fourth-order valence-electron chi connectivity index (χ4n) is 7.09. The zero-order valence-electron chi connectivity index (χ0n) is 23.9. The van der Waals surface area contributed by atoms with E-state index in [1.807, 2.05) is 46.2 Å². The minimum Gasteiger partial charge on any atom is -0.454 e. The van der Waals surface area contributed by atoms with E-state index in [1.165, 1.54) is 0 Å². The average Bonchev–Trinajstić information content (AvgIpc) is 3.72. The van der Waals surface area contributed by atoms with Crippen LogP contribution in [-0.4, -0.2) is 61.4 Å².